The molecule has 3 aromatic rings. The Morgan fingerprint density at radius 1 is 1.00 bits per heavy atom. The maximum atomic E-state index is 13.0. The Hall–Kier alpha value is -3.35. The largest absolute Gasteiger partial charge is 0.493 e. The average molecular weight is 421 g/mol. The Morgan fingerprint density at radius 2 is 1.77 bits per heavy atom. The molecule has 31 heavy (non-hydrogen) atoms. The van der Waals surface area contributed by atoms with Gasteiger partial charge in [0.25, 0.3) is 5.91 Å². The van der Waals surface area contributed by atoms with Crippen molar-refractivity contribution >= 4 is 22.6 Å². The van der Waals surface area contributed by atoms with Gasteiger partial charge in [0.05, 0.1) is 25.8 Å². The lowest BCUT2D eigenvalue weighted by Crippen LogP contribution is -2.30. The second-order valence-electron chi connectivity index (χ2n) is 7.79. The van der Waals surface area contributed by atoms with Gasteiger partial charge >= 0.3 is 0 Å². The summed E-state index contributed by atoms with van der Waals surface area (Å²) in [5.41, 5.74) is 2.37. The summed E-state index contributed by atoms with van der Waals surface area (Å²) in [6.45, 7) is 3.92. The molecule has 7 heteroatoms. The van der Waals surface area contributed by atoms with Gasteiger partial charge in [0.15, 0.2) is 11.5 Å². The fraction of sp³-hybridized carbons (Fsp3) is 0.375. The van der Waals surface area contributed by atoms with E-state index in [0.717, 1.165) is 48.2 Å². The third-order valence-electron chi connectivity index (χ3n) is 5.79. The highest BCUT2D eigenvalue weighted by molar-refractivity contribution is 6.00. The van der Waals surface area contributed by atoms with Crippen molar-refractivity contribution in [3.63, 3.8) is 0 Å². The Morgan fingerprint density at radius 3 is 2.52 bits per heavy atom. The minimum Gasteiger partial charge on any atom is -0.493 e. The molecular weight excluding hydrogens is 392 g/mol. The molecule has 4 rings (SSSR count). The standard InChI is InChI=1S/C24H28N4O3/c1-16(17-8-10-21(30-2)22(14-17)31-3)27-24(29)18-7-9-20-19(13-18)23(26-15-25-20)28-11-5-4-6-12-28/h7-10,13-16H,4-6,11-12H2,1-3H3,(H,27,29). The van der Waals surface area contributed by atoms with Gasteiger partial charge in [-0.25, -0.2) is 9.97 Å². The van der Waals surface area contributed by atoms with Crippen LogP contribution in [-0.2, 0) is 0 Å². The molecule has 1 amide bonds. The molecule has 7 nitrogen and oxygen atoms in total. The zero-order valence-corrected chi connectivity index (χ0v) is 18.2. The molecule has 1 N–H and O–H groups in total. The quantitative estimate of drug-likeness (QED) is 0.646. The molecule has 2 aromatic carbocycles. The summed E-state index contributed by atoms with van der Waals surface area (Å²) in [5.74, 6) is 2.06. The van der Waals surface area contributed by atoms with Crippen LogP contribution in [0.2, 0.25) is 0 Å². The highest BCUT2D eigenvalue weighted by Crippen LogP contribution is 2.30. The summed E-state index contributed by atoms with van der Waals surface area (Å²) in [5, 5.41) is 3.99. The van der Waals surface area contributed by atoms with Crippen molar-refractivity contribution in [2.24, 2.45) is 0 Å². The number of fused-ring (bicyclic) bond motifs is 1. The molecule has 0 aliphatic carbocycles. The maximum Gasteiger partial charge on any atom is 0.251 e. The van der Waals surface area contributed by atoms with E-state index in [1.54, 1.807) is 20.5 Å². The van der Waals surface area contributed by atoms with Crippen molar-refractivity contribution in [1.82, 2.24) is 15.3 Å². The second-order valence-corrected chi connectivity index (χ2v) is 7.79. The molecule has 2 heterocycles. The van der Waals surface area contributed by atoms with Crippen LogP contribution in [0.25, 0.3) is 10.9 Å². The lowest BCUT2D eigenvalue weighted by molar-refractivity contribution is 0.0940. The highest BCUT2D eigenvalue weighted by Gasteiger charge is 2.18. The summed E-state index contributed by atoms with van der Waals surface area (Å²) >= 11 is 0. The molecule has 1 saturated heterocycles. The van der Waals surface area contributed by atoms with Crippen LogP contribution in [0.4, 0.5) is 5.82 Å². The zero-order chi connectivity index (χ0) is 21.8. The normalized spacial score (nSPS) is 14.9. The van der Waals surface area contributed by atoms with E-state index >= 15 is 0 Å². The van der Waals surface area contributed by atoms with E-state index in [1.165, 1.54) is 6.42 Å². The van der Waals surface area contributed by atoms with Gasteiger partial charge in [0.1, 0.15) is 12.1 Å². The molecule has 0 bridgehead atoms. The average Bonchev–Trinajstić information content (AvgIpc) is 2.83. The smallest absolute Gasteiger partial charge is 0.251 e. The Bertz CT molecular complexity index is 1080. The first-order chi connectivity index (χ1) is 15.1. The molecule has 1 fully saturated rings. The number of rotatable bonds is 6. The van der Waals surface area contributed by atoms with Gasteiger partial charge in [-0.05, 0) is 62.1 Å². The first kappa shape index (κ1) is 20.9. The van der Waals surface area contributed by atoms with E-state index in [-0.39, 0.29) is 11.9 Å². The molecular formula is C24H28N4O3. The number of methoxy groups -OCH3 is 2. The molecule has 1 unspecified atom stereocenters. The van der Waals surface area contributed by atoms with Gasteiger partial charge in [0, 0.05) is 24.0 Å². The summed E-state index contributed by atoms with van der Waals surface area (Å²) in [4.78, 5) is 24.2. The minimum absolute atomic E-state index is 0.141. The minimum atomic E-state index is -0.198. The number of piperidine rings is 1. The van der Waals surface area contributed by atoms with Gasteiger partial charge in [-0.2, -0.15) is 0 Å². The first-order valence-electron chi connectivity index (χ1n) is 10.6. The number of anilines is 1. The Balaban J connectivity index is 1.57. The molecule has 1 aliphatic rings. The van der Waals surface area contributed by atoms with Gasteiger partial charge in [-0.15, -0.1) is 0 Å². The van der Waals surface area contributed by atoms with Crippen molar-refractivity contribution in [2.45, 2.75) is 32.2 Å². The summed E-state index contributed by atoms with van der Waals surface area (Å²) in [6.07, 6.45) is 5.18. The fourth-order valence-corrected chi connectivity index (χ4v) is 4.03. The van der Waals surface area contributed by atoms with E-state index in [4.69, 9.17) is 9.47 Å². The van der Waals surface area contributed by atoms with Gasteiger partial charge < -0.3 is 19.7 Å². The van der Waals surface area contributed by atoms with Crippen molar-refractivity contribution in [3.8, 4) is 11.5 Å². The van der Waals surface area contributed by atoms with E-state index < -0.39 is 0 Å². The van der Waals surface area contributed by atoms with Crippen LogP contribution in [-0.4, -0.2) is 43.2 Å². The molecule has 0 radical (unpaired) electrons. The van der Waals surface area contributed by atoms with E-state index in [1.807, 2.05) is 43.3 Å². The molecule has 0 spiro atoms. The number of aromatic nitrogens is 2. The molecule has 162 valence electrons. The number of amides is 1. The molecule has 1 aliphatic heterocycles. The van der Waals surface area contributed by atoms with Crippen LogP contribution >= 0.6 is 0 Å². The van der Waals surface area contributed by atoms with E-state index in [0.29, 0.717) is 17.1 Å². The topological polar surface area (TPSA) is 76.6 Å². The number of nitrogens with zero attached hydrogens (tertiary/aromatic N) is 3. The molecule has 1 atom stereocenters. The third kappa shape index (κ3) is 4.40. The van der Waals surface area contributed by atoms with Crippen LogP contribution in [0.1, 0.15) is 48.1 Å². The SMILES string of the molecule is COc1ccc(C(C)NC(=O)c2ccc3ncnc(N4CCCCC4)c3c2)cc1OC. The van der Waals surface area contributed by atoms with Crippen LogP contribution in [0.3, 0.4) is 0 Å². The number of carbonyl (C=O) groups is 1. The number of hydrogen-bond donors (Lipinski definition) is 1. The summed E-state index contributed by atoms with van der Waals surface area (Å²) < 4.78 is 10.7. The van der Waals surface area contributed by atoms with Gasteiger partial charge in [0.2, 0.25) is 0 Å². The molecule has 0 saturated carbocycles. The molecule has 1 aromatic heterocycles. The van der Waals surface area contributed by atoms with Crippen LogP contribution in [0, 0.1) is 0 Å². The van der Waals surface area contributed by atoms with E-state index in [9.17, 15) is 4.79 Å². The number of hydrogen-bond acceptors (Lipinski definition) is 6. The fourth-order valence-electron chi connectivity index (χ4n) is 4.03. The zero-order valence-electron chi connectivity index (χ0n) is 18.2. The number of nitrogens with one attached hydrogen (secondary N) is 1. The maximum absolute atomic E-state index is 13.0. The van der Waals surface area contributed by atoms with Crippen LogP contribution in [0.15, 0.2) is 42.7 Å². The number of benzene rings is 2. The number of carbonyl (C=O) groups excluding carboxylic acids is 1. The third-order valence-corrected chi connectivity index (χ3v) is 5.79. The number of ether oxygens (including phenoxy) is 2. The highest BCUT2D eigenvalue weighted by atomic mass is 16.5. The van der Waals surface area contributed by atoms with Crippen molar-refractivity contribution in [2.75, 3.05) is 32.2 Å². The lowest BCUT2D eigenvalue weighted by atomic mass is 10.1. The van der Waals surface area contributed by atoms with Crippen molar-refractivity contribution in [3.05, 3.63) is 53.9 Å². The predicted molar refractivity (Wildman–Crippen MR) is 121 cm³/mol. The Kier molecular flexibility index (Phi) is 6.21. The second kappa shape index (κ2) is 9.20. The Labute approximate surface area is 182 Å². The van der Waals surface area contributed by atoms with Crippen molar-refractivity contribution in [1.29, 1.82) is 0 Å². The van der Waals surface area contributed by atoms with Crippen molar-refractivity contribution < 1.29 is 14.3 Å². The summed E-state index contributed by atoms with van der Waals surface area (Å²) in [7, 11) is 3.20. The van der Waals surface area contributed by atoms with Gasteiger partial charge in [-0.1, -0.05) is 6.07 Å². The van der Waals surface area contributed by atoms with Gasteiger partial charge in [-0.3, -0.25) is 4.79 Å². The predicted octanol–water partition coefficient (Wildman–Crippen LogP) is 4.13. The first-order valence-corrected chi connectivity index (χ1v) is 10.6. The van der Waals surface area contributed by atoms with E-state index in [2.05, 4.69) is 20.2 Å². The monoisotopic (exact) mass is 420 g/mol. The van der Waals surface area contributed by atoms with Crippen LogP contribution in [0.5, 0.6) is 11.5 Å². The summed E-state index contributed by atoms with van der Waals surface area (Å²) in [6, 6.07) is 11.1. The lowest BCUT2D eigenvalue weighted by Gasteiger charge is -2.28. The van der Waals surface area contributed by atoms with Crippen LogP contribution < -0.4 is 19.7 Å².